The third kappa shape index (κ3) is 4.47. The number of thiocarbonyl (C=S) groups is 1. The Balaban J connectivity index is 2.32. The number of carboxylic acids is 2. The van der Waals surface area contributed by atoms with Gasteiger partial charge in [0.05, 0.1) is 4.91 Å². The van der Waals surface area contributed by atoms with Crippen LogP contribution in [0.5, 0.6) is 5.75 Å². The number of thioether (sulfide) groups is 1. The molecule has 0 radical (unpaired) electrons. The maximum atomic E-state index is 12.2. The molecule has 1 fully saturated rings. The lowest BCUT2D eigenvalue weighted by molar-refractivity contribution is -0.140. The third-order valence-electron chi connectivity index (χ3n) is 2.78. The number of rotatable bonds is 6. The van der Waals surface area contributed by atoms with Crippen LogP contribution in [0.3, 0.4) is 0 Å². The van der Waals surface area contributed by atoms with E-state index in [9.17, 15) is 14.4 Å². The fourth-order valence-electron chi connectivity index (χ4n) is 1.82. The Morgan fingerprint density at radius 1 is 1.33 bits per heavy atom. The van der Waals surface area contributed by atoms with E-state index in [2.05, 4.69) is 0 Å². The number of carbonyl (C=O) groups is 3. The van der Waals surface area contributed by atoms with Gasteiger partial charge >= 0.3 is 11.9 Å². The van der Waals surface area contributed by atoms with Gasteiger partial charge in [-0.2, -0.15) is 0 Å². The standard InChI is InChI=1S/C14H10ClNO6S2/c15-8-1-2-9(22-6-12(19)20)7(3-8)4-10-13(21)16(5-11(17)18)14(23)24-10/h1-4H,5-6H2,(H,17,18)(H,19,20)/b10-4+. The van der Waals surface area contributed by atoms with E-state index in [0.29, 0.717) is 10.6 Å². The van der Waals surface area contributed by atoms with Crippen molar-refractivity contribution in [2.24, 2.45) is 0 Å². The van der Waals surface area contributed by atoms with Gasteiger partial charge < -0.3 is 14.9 Å². The first-order chi connectivity index (χ1) is 11.3. The third-order valence-corrected chi connectivity index (χ3v) is 4.39. The number of amides is 1. The van der Waals surface area contributed by atoms with E-state index in [1.54, 1.807) is 0 Å². The van der Waals surface area contributed by atoms with Crippen molar-refractivity contribution in [3.8, 4) is 5.75 Å². The zero-order valence-electron chi connectivity index (χ0n) is 11.9. The van der Waals surface area contributed by atoms with Crippen LogP contribution >= 0.6 is 35.6 Å². The Morgan fingerprint density at radius 3 is 2.67 bits per heavy atom. The summed E-state index contributed by atoms with van der Waals surface area (Å²) in [6.45, 7) is -1.08. The molecule has 1 aliphatic rings. The van der Waals surface area contributed by atoms with E-state index in [-0.39, 0.29) is 15.0 Å². The van der Waals surface area contributed by atoms with Gasteiger partial charge in [0.2, 0.25) is 0 Å². The Bertz CT molecular complexity index is 764. The summed E-state index contributed by atoms with van der Waals surface area (Å²) < 4.78 is 5.28. The summed E-state index contributed by atoms with van der Waals surface area (Å²) in [5.41, 5.74) is 0.388. The summed E-state index contributed by atoms with van der Waals surface area (Å²) >= 11 is 11.9. The molecule has 0 unspecified atom stereocenters. The van der Waals surface area contributed by atoms with E-state index in [1.807, 2.05) is 0 Å². The van der Waals surface area contributed by atoms with Crippen LogP contribution < -0.4 is 4.74 Å². The Kier molecular flexibility index (Phi) is 5.81. The molecule has 0 spiro atoms. The van der Waals surface area contributed by atoms with Crippen molar-refractivity contribution >= 4 is 63.8 Å². The van der Waals surface area contributed by atoms with Crippen LogP contribution in [0.15, 0.2) is 23.1 Å². The number of benzene rings is 1. The van der Waals surface area contributed by atoms with Crippen molar-refractivity contribution in [2.75, 3.05) is 13.2 Å². The van der Waals surface area contributed by atoms with Gasteiger partial charge in [-0.25, -0.2) is 4.79 Å². The molecule has 0 aromatic heterocycles. The van der Waals surface area contributed by atoms with Crippen LogP contribution in [-0.2, 0) is 14.4 Å². The number of halogens is 1. The van der Waals surface area contributed by atoms with Crippen molar-refractivity contribution in [3.63, 3.8) is 0 Å². The molecular formula is C14H10ClNO6S2. The fourth-order valence-corrected chi connectivity index (χ4v) is 3.24. The van der Waals surface area contributed by atoms with Crippen LogP contribution in [-0.4, -0.2) is 50.4 Å². The molecule has 1 amide bonds. The van der Waals surface area contributed by atoms with Gasteiger partial charge in [-0.1, -0.05) is 35.6 Å². The predicted octanol–water partition coefficient (Wildman–Crippen LogP) is 2.09. The lowest BCUT2D eigenvalue weighted by Gasteiger charge is -2.10. The zero-order chi connectivity index (χ0) is 17.9. The SMILES string of the molecule is O=C(O)COc1ccc(Cl)cc1/C=C1/SC(=S)N(CC(=O)O)C1=O. The van der Waals surface area contributed by atoms with Crippen LogP contribution in [0, 0.1) is 0 Å². The predicted molar refractivity (Wildman–Crippen MR) is 92.1 cm³/mol. The van der Waals surface area contributed by atoms with Gasteiger partial charge in [-0.3, -0.25) is 14.5 Å². The zero-order valence-corrected chi connectivity index (χ0v) is 14.3. The monoisotopic (exact) mass is 387 g/mol. The average Bonchev–Trinajstić information content (AvgIpc) is 2.73. The van der Waals surface area contributed by atoms with Crippen molar-refractivity contribution in [3.05, 3.63) is 33.7 Å². The molecule has 0 aliphatic carbocycles. The highest BCUT2D eigenvalue weighted by atomic mass is 35.5. The quantitative estimate of drug-likeness (QED) is 0.564. The Morgan fingerprint density at radius 2 is 2.04 bits per heavy atom. The molecule has 0 atom stereocenters. The van der Waals surface area contributed by atoms with Crippen molar-refractivity contribution in [2.45, 2.75) is 0 Å². The van der Waals surface area contributed by atoms with Gasteiger partial charge in [-0.05, 0) is 24.3 Å². The van der Waals surface area contributed by atoms with Crippen LogP contribution in [0.1, 0.15) is 5.56 Å². The van der Waals surface area contributed by atoms with Crippen LogP contribution in [0.2, 0.25) is 5.02 Å². The topological polar surface area (TPSA) is 104 Å². The summed E-state index contributed by atoms with van der Waals surface area (Å²) in [5, 5.41) is 17.9. The second kappa shape index (κ2) is 7.65. The maximum absolute atomic E-state index is 12.2. The number of hydrogen-bond donors (Lipinski definition) is 2. The number of ether oxygens (including phenoxy) is 1. The normalized spacial score (nSPS) is 15.9. The van der Waals surface area contributed by atoms with Gasteiger partial charge in [-0.15, -0.1) is 0 Å². The van der Waals surface area contributed by atoms with Crippen molar-refractivity contribution in [1.29, 1.82) is 0 Å². The first kappa shape index (κ1) is 18.2. The number of carboxylic acid groups (broad SMARTS) is 2. The minimum absolute atomic E-state index is 0.128. The Labute approximate surface area is 150 Å². The van der Waals surface area contributed by atoms with Gasteiger partial charge in [0.1, 0.15) is 16.6 Å². The molecular weight excluding hydrogens is 378 g/mol. The summed E-state index contributed by atoms with van der Waals surface area (Å²) in [4.78, 5) is 34.8. The summed E-state index contributed by atoms with van der Waals surface area (Å²) in [5.74, 6) is -2.65. The molecule has 126 valence electrons. The number of aliphatic carboxylic acids is 2. The highest BCUT2D eigenvalue weighted by Crippen LogP contribution is 2.34. The molecule has 2 rings (SSSR count). The maximum Gasteiger partial charge on any atom is 0.341 e. The fraction of sp³-hybridized carbons (Fsp3) is 0.143. The molecule has 1 saturated heterocycles. The molecule has 24 heavy (non-hydrogen) atoms. The highest BCUT2D eigenvalue weighted by Gasteiger charge is 2.33. The largest absolute Gasteiger partial charge is 0.481 e. The Hall–Kier alpha value is -2.10. The van der Waals surface area contributed by atoms with Gasteiger partial charge in [0.15, 0.2) is 6.61 Å². The number of nitrogens with zero attached hydrogens (tertiary/aromatic N) is 1. The second-order valence-corrected chi connectivity index (χ2v) is 6.64. The van der Waals surface area contributed by atoms with E-state index in [0.717, 1.165) is 16.7 Å². The second-order valence-electron chi connectivity index (χ2n) is 4.53. The molecule has 1 aromatic rings. The van der Waals surface area contributed by atoms with Gasteiger partial charge in [0, 0.05) is 10.6 Å². The molecule has 10 heteroatoms. The van der Waals surface area contributed by atoms with Crippen LogP contribution in [0.4, 0.5) is 0 Å². The van der Waals surface area contributed by atoms with Crippen LogP contribution in [0.25, 0.3) is 6.08 Å². The van der Waals surface area contributed by atoms with Gasteiger partial charge in [0.25, 0.3) is 5.91 Å². The van der Waals surface area contributed by atoms with E-state index in [4.69, 9.17) is 38.8 Å². The smallest absolute Gasteiger partial charge is 0.341 e. The summed E-state index contributed by atoms with van der Waals surface area (Å²) in [6.07, 6.45) is 1.43. The van der Waals surface area contributed by atoms with Crippen molar-refractivity contribution in [1.82, 2.24) is 4.90 Å². The summed E-state index contributed by atoms with van der Waals surface area (Å²) in [6, 6.07) is 4.50. The molecule has 1 heterocycles. The minimum atomic E-state index is -1.18. The molecule has 7 nitrogen and oxygen atoms in total. The lowest BCUT2D eigenvalue weighted by atomic mass is 10.2. The van der Waals surface area contributed by atoms with E-state index >= 15 is 0 Å². The average molecular weight is 388 g/mol. The number of carbonyl (C=O) groups excluding carboxylic acids is 1. The molecule has 1 aromatic carbocycles. The van der Waals surface area contributed by atoms with E-state index in [1.165, 1.54) is 24.3 Å². The first-order valence-electron chi connectivity index (χ1n) is 6.39. The van der Waals surface area contributed by atoms with E-state index < -0.39 is 31.0 Å². The molecule has 0 saturated carbocycles. The minimum Gasteiger partial charge on any atom is -0.481 e. The molecule has 2 N–H and O–H groups in total. The first-order valence-corrected chi connectivity index (χ1v) is 7.99. The number of hydrogen-bond acceptors (Lipinski definition) is 6. The summed E-state index contributed by atoms with van der Waals surface area (Å²) in [7, 11) is 0. The lowest BCUT2D eigenvalue weighted by Crippen LogP contribution is -2.33. The van der Waals surface area contributed by atoms with Crippen molar-refractivity contribution < 1.29 is 29.3 Å². The molecule has 0 bridgehead atoms. The highest BCUT2D eigenvalue weighted by molar-refractivity contribution is 8.26. The molecule has 1 aliphatic heterocycles.